The van der Waals surface area contributed by atoms with E-state index in [1.54, 1.807) is 6.20 Å². The van der Waals surface area contributed by atoms with Crippen molar-refractivity contribution in [3.8, 4) is 17.0 Å². The van der Waals surface area contributed by atoms with Crippen molar-refractivity contribution in [1.82, 2.24) is 24.5 Å². The molecule has 4 heterocycles. The van der Waals surface area contributed by atoms with Gasteiger partial charge in [0.2, 0.25) is 5.88 Å². The molecule has 176 valence electrons. The minimum Gasteiger partial charge on any atom is -0.472 e. The Kier molecular flexibility index (Phi) is 6.68. The van der Waals surface area contributed by atoms with Gasteiger partial charge in [0.1, 0.15) is 11.1 Å². The van der Waals surface area contributed by atoms with Gasteiger partial charge in [-0.2, -0.15) is 10.2 Å². The lowest BCUT2D eigenvalue weighted by molar-refractivity contribution is 0.0770. The smallest absolute Gasteiger partial charge is 0.287 e. The summed E-state index contributed by atoms with van der Waals surface area (Å²) >= 11 is 6.31. The van der Waals surface area contributed by atoms with Crippen LogP contribution in [0.3, 0.4) is 0 Å². The number of hydrogen-bond acceptors (Lipinski definition) is 8. The molecule has 0 bridgehead atoms. The van der Waals surface area contributed by atoms with Crippen LogP contribution in [-0.4, -0.2) is 66.7 Å². The normalized spacial score (nSPS) is 16.9. The molecule has 3 aromatic rings. The molecule has 33 heavy (non-hydrogen) atoms. The summed E-state index contributed by atoms with van der Waals surface area (Å²) in [6, 6.07) is 3.86. The Morgan fingerprint density at radius 1 is 1.36 bits per heavy atom. The summed E-state index contributed by atoms with van der Waals surface area (Å²) in [5, 5.41) is 27.2. The Morgan fingerprint density at radius 2 is 2.15 bits per heavy atom. The number of aromatic nitrogens is 5. The van der Waals surface area contributed by atoms with E-state index in [-0.39, 0.29) is 17.7 Å². The van der Waals surface area contributed by atoms with Crippen molar-refractivity contribution in [2.24, 2.45) is 7.05 Å². The SMILES string of the molecule is Cc1nn(C)c(C)c1-c1ccnc(O[C@@H]2CCN(c3cnn(CC(O)CO)c(=O)c3Cl)C2)c1. The summed E-state index contributed by atoms with van der Waals surface area (Å²) in [6.07, 6.45) is 2.76. The van der Waals surface area contributed by atoms with Crippen LogP contribution in [0, 0.1) is 13.8 Å². The van der Waals surface area contributed by atoms with E-state index in [1.807, 2.05) is 42.6 Å². The average Bonchev–Trinajstić information content (AvgIpc) is 3.35. The van der Waals surface area contributed by atoms with E-state index in [1.165, 1.54) is 6.20 Å². The van der Waals surface area contributed by atoms with Crippen molar-refractivity contribution in [3.05, 3.63) is 51.3 Å². The van der Waals surface area contributed by atoms with E-state index in [4.69, 9.17) is 21.4 Å². The topological polar surface area (TPSA) is 119 Å². The second-order valence-corrected chi connectivity index (χ2v) is 8.57. The molecule has 1 aliphatic heterocycles. The van der Waals surface area contributed by atoms with Crippen molar-refractivity contribution >= 4 is 17.3 Å². The Bertz CT molecular complexity index is 1210. The Labute approximate surface area is 196 Å². The Balaban J connectivity index is 1.47. The molecule has 0 amide bonds. The van der Waals surface area contributed by atoms with Gasteiger partial charge in [0.25, 0.3) is 5.56 Å². The van der Waals surface area contributed by atoms with Crippen molar-refractivity contribution in [3.63, 3.8) is 0 Å². The molecule has 1 saturated heterocycles. The number of rotatable bonds is 7. The van der Waals surface area contributed by atoms with Crippen molar-refractivity contribution in [2.45, 2.75) is 39.0 Å². The van der Waals surface area contributed by atoms with Crippen LogP contribution < -0.4 is 15.2 Å². The first-order valence-electron chi connectivity index (χ1n) is 10.7. The first-order valence-corrected chi connectivity index (χ1v) is 11.1. The van der Waals surface area contributed by atoms with Gasteiger partial charge in [-0.15, -0.1) is 0 Å². The summed E-state index contributed by atoms with van der Waals surface area (Å²) in [7, 11) is 1.92. The molecule has 0 saturated carbocycles. The highest BCUT2D eigenvalue weighted by Gasteiger charge is 2.28. The fraction of sp³-hybridized carbons (Fsp3) is 0.455. The standard InChI is InChI=1S/C22H27ClN6O4/c1-13-20(14(2)27(3)26-13)15-4-6-24-19(8-15)33-17-5-7-28(11-17)18-9-25-29(10-16(31)12-30)22(32)21(18)23/h4,6,8-9,16-17,30-31H,5,7,10-12H2,1-3H3/t16?,17-/m1/s1. The third-order valence-electron chi connectivity index (χ3n) is 5.87. The van der Waals surface area contributed by atoms with Gasteiger partial charge < -0.3 is 19.8 Å². The number of anilines is 1. The molecular weight excluding hydrogens is 448 g/mol. The molecule has 11 heteroatoms. The molecule has 1 fully saturated rings. The van der Waals surface area contributed by atoms with Crippen LogP contribution in [0.5, 0.6) is 5.88 Å². The van der Waals surface area contributed by atoms with E-state index >= 15 is 0 Å². The monoisotopic (exact) mass is 474 g/mol. The molecule has 0 aliphatic carbocycles. The minimum atomic E-state index is -1.08. The fourth-order valence-electron chi connectivity index (χ4n) is 4.10. The summed E-state index contributed by atoms with van der Waals surface area (Å²) in [5.41, 5.74) is 4.09. The number of ether oxygens (including phenoxy) is 1. The summed E-state index contributed by atoms with van der Waals surface area (Å²) in [5.74, 6) is 0.527. The molecule has 10 nitrogen and oxygen atoms in total. The van der Waals surface area contributed by atoms with Crippen molar-refractivity contribution < 1.29 is 14.9 Å². The van der Waals surface area contributed by atoms with E-state index < -0.39 is 18.3 Å². The zero-order valence-corrected chi connectivity index (χ0v) is 19.5. The van der Waals surface area contributed by atoms with Crippen LogP contribution >= 0.6 is 11.6 Å². The van der Waals surface area contributed by atoms with Gasteiger partial charge in [-0.25, -0.2) is 9.67 Å². The summed E-state index contributed by atoms with van der Waals surface area (Å²) in [4.78, 5) is 18.8. The average molecular weight is 475 g/mol. The number of aliphatic hydroxyl groups is 2. The van der Waals surface area contributed by atoms with Crippen LogP contribution in [-0.2, 0) is 13.6 Å². The predicted octanol–water partition coefficient (Wildman–Crippen LogP) is 1.32. The zero-order valence-electron chi connectivity index (χ0n) is 18.8. The second-order valence-electron chi connectivity index (χ2n) is 8.19. The molecule has 0 spiro atoms. The number of nitrogens with zero attached hydrogens (tertiary/aromatic N) is 6. The maximum atomic E-state index is 12.5. The third kappa shape index (κ3) is 4.73. The molecule has 4 rings (SSSR count). The minimum absolute atomic E-state index is 0.0263. The second kappa shape index (κ2) is 9.50. The lowest BCUT2D eigenvalue weighted by Gasteiger charge is -2.20. The van der Waals surface area contributed by atoms with Crippen LogP contribution in [0.2, 0.25) is 5.02 Å². The zero-order chi connectivity index (χ0) is 23.7. The van der Waals surface area contributed by atoms with Gasteiger partial charge in [0, 0.05) is 43.5 Å². The number of aryl methyl sites for hydroxylation is 2. The lowest BCUT2D eigenvalue weighted by Crippen LogP contribution is -2.33. The first kappa shape index (κ1) is 23.2. The fourth-order valence-corrected chi connectivity index (χ4v) is 4.36. The highest BCUT2D eigenvalue weighted by Crippen LogP contribution is 2.30. The molecule has 2 atom stereocenters. The summed E-state index contributed by atoms with van der Waals surface area (Å²) in [6.45, 7) is 4.60. The van der Waals surface area contributed by atoms with Crippen LogP contribution in [0.4, 0.5) is 5.69 Å². The number of halogens is 1. The van der Waals surface area contributed by atoms with Crippen LogP contribution in [0.1, 0.15) is 17.8 Å². The van der Waals surface area contributed by atoms with Gasteiger partial charge in [0.05, 0.1) is 43.4 Å². The van der Waals surface area contributed by atoms with E-state index in [9.17, 15) is 9.90 Å². The number of hydrogen-bond donors (Lipinski definition) is 2. The third-order valence-corrected chi connectivity index (χ3v) is 6.22. The van der Waals surface area contributed by atoms with Gasteiger partial charge in [-0.3, -0.25) is 9.48 Å². The molecule has 1 unspecified atom stereocenters. The highest BCUT2D eigenvalue weighted by atomic mass is 35.5. The Hall–Kier alpha value is -2.95. The van der Waals surface area contributed by atoms with Gasteiger partial charge in [0.15, 0.2) is 0 Å². The van der Waals surface area contributed by atoms with Crippen LogP contribution in [0.15, 0.2) is 29.3 Å². The maximum Gasteiger partial charge on any atom is 0.287 e. The predicted molar refractivity (Wildman–Crippen MR) is 124 cm³/mol. The molecule has 3 aromatic heterocycles. The maximum absolute atomic E-state index is 12.5. The van der Waals surface area contributed by atoms with Crippen molar-refractivity contribution in [2.75, 3.05) is 24.6 Å². The highest BCUT2D eigenvalue weighted by molar-refractivity contribution is 6.33. The van der Waals surface area contributed by atoms with E-state index in [2.05, 4.69) is 15.2 Å². The van der Waals surface area contributed by atoms with E-state index in [0.717, 1.165) is 33.6 Å². The Morgan fingerprint density at radius 3 is 2.85 bits per heavy atom. The quantitative estimate of drug-likeness (QED) is 0.526. The number of pyridine rings is 1. The first-order chi connectivity index (χ1) is 15.8. The lowest BCUT2D eigenvalue weighted by atomic mass is 10.1. The largest absolute Gasteiger partial charge is 0.472 e. The molecule has 2 N–H and O–H groups in total. The molecule has 0 aromatic carbocycles. The molecule has 0 radical (unpaired) electrons. The van der Waals surface area contributed by atoms with Gasteiger partial charge in [-0.05, 0) is 25.5 Å². The number of aliphatic hydroxyl groups excluding tert-OH is 2. The van der Waals surface area contributed by atoms with Crippen molar-refractivity contribution in [1.29, 1.82) is 0 Å². The van der Waals surface area contributed by atoms with Crippen LogP contribution in [0.25, 0.3) is 11.1 Å². The van der Waals surface area contributed by atoms with E-state index in [0.29, 0.717) is 24.7 Å². The van der Waals surface area contributed by atoms with Gasteiger partial charge in [-0.1, -0.05) is 11.6 Å². The van der Waals surface area contributed by atoms with Gasteiger partial charge >= 0.3 is 0 Å². The summed E-state index contributed by atoms with van der Waals surface area (Å²) < 4.78 is 9.06. The molecular formula is C22H27ClN6O4. The molecule has 1 aliphatic rings.